The molecule has 1 N–H and O–H groups in total. The molecule has 32 heavy (non-hydrogen) atoms. The molecule has 1 aliphatic heterocycles. The number of amides is 1. The van der Waals surface area contributed by atoms with Crippen LogP contribution in [0.2, 0.25) is 0 Å². The number of hydrogen-bond donors (Lipinski definition) is 1. The highest BCUT2D eigenvalue weighted by Gasteiger charge is 2.21. The van der Waals surface area contributed by atoms with Crippen LogP contribution in [0.1, 0.15) is 18.9 Å². The molecule has 0 saturated carbocycles. The molecule has 5 rings (SSSR count). The van der Waals surface area contributed by atoms with Gasteiger partial charge in [-0.15, -0.1) is 0 Å². The molecule has 0 spiro atoms. The van der Waals surface area contributed by atoms with Crippen molar-refractivity contribution in [3.63, 3.8) is 0 Å². The van der Waals surface area contributed by atoms with Crippen LogP contribution in [0.4, 0.5) is 0 Å². The van der Waals surface area contributed by atoms with Crippen molar-refractivity contribution in [1.29, 1.82) is 0 Å². The smallest absolute Gasteiger partial charge is 0.331 e. The Morgan fingerprint density at radius 1 is 1.00 bits per heavy atom. The third-order valence-electron chi connectivity index (χ3n) is 6.24. The summed E-state index contributed by atoms with van der Waals surface area (Å²) in [5, 5.41) is 1.63. The van der Waals surface area contributed by atoms with E-state index in [-0.39, 0.29) is 24.6 Å². The van der Waals surface area contributed by atoms with E-state index in [1.165, 1.54) is 25.7 Å². The molecule has 2 aromatic carbocycles. The Kier molecular flexibility index (Phi) is 5.01. The van der Waals surface area contributed by atoms with E-state index >= 15 is 0 Å². The average Bonchev–Trinajstić information content (AvgIpc) is 3.26. The van der Waals surface area contributed by atoms with Crippen LogP contribution in [0.15, 0.2) is 70.4 Å². The summed E-state index contributed by atoms with van der Waals surface area (Å²) in [5.74, 6) is -0.132. The van der Waals surface area contributed by atoms with E-state index in [2.05, 4.69) is 23.2 Å². The normalized spacial score (nSPS) is 14.2. The van der Waals surface area contributed by atoms with Crippen LogP contribution in [0.5, 0.6) is 0 Å². The van der Waals surface area contributed by atoms with Gasteiger partial charge in [0.2, 0.25) is 5.91 Å². The number of nitrogens with zero attached hydrogens (tertiary/aromatic N) is 3. The van der Waals surface area contributed by atoms with Gasteiger partial charge in [-0.05, 0) is 37.1 Å². The van der Waals surface area contributed by atoms with E-state index < -0.39 is 5.69 Å². The van der Waals surface area contributed by atoms with Crippen molar-refractivity contribution >= 4 is 33.3 Å². The maximum absolute atomic E-state index is 13.1. The van der Waals surface area contributed by atoms with Gasteiger partial charge in [0.25, 0.3) is 5.56 Å². The number of nitrogens with one attached hydrogen (secondary N) is 1. The molecule has 1 aliphatic rings. The van der Waals surface area contributed by atoms with Crippen LogP contribution in [-0.2, 0) is 17.9 Å². The quantitative estimate of drug-likeness (QED) is 0.543. The number of benzene rings is 2. The summed E-state index contributed by atoms with van der Waals surface area (Å²) in [7, 11) is 0. The van der Waals surface area contributed by atoms with Crippen LogP contribution in [0.3, 0.4) is 0 Å². The third-order valence-corrected chi connectivity index (χ3v) is 6.24. The molecule has 1 amide bonds. The summed E-state index contributed by atoms with van der Waals surface area (Å²) < 4.78 is 2.60. The van der Waals surface area contributed by atoms with Gasteiger partial charge in [-0.3, -0.25) is 18.7 Å². The van der Waals surface area contributed by atoms with Gasteiger partial charge in [0, 0.05) is 42.3 Å². The molecule has 162 valence electrons. The summed E-state index contributed by atoms with van der Waals surface area (Å²) >= 11 is 0. The lowest BCUT2D eigenvalue weighted by Crippen LogP contribution is -2.44. The first-order chi connectivity index (χ1) is 15.6. The number of aromatic nitrogens is 3. The number of H-pyrrole nitrogens is 1. The number of fused-ring (bicyclic) bond motifs is 2. The Labute approximate surface area is 184 Å². The van der Waals surface area contributed by atoms with Crippen molar-refractivity contribution in [3.05, 3.63) is 87.2 Å². The van der Waals surface area contributed by atoms with Crippen LogP contribution < -0.4 is 11.2 Å². The summed E-state index contributed by atoms with van der Waals surface area (Å²) in [5.41, 5.74) is 3.21. The molecule has 0 unspecified atom stereocenters. The van der Waals surface area contributed by atoms with Gasteiger partial charge in [-0.25, -0.2) is 4.79 Å². The lowest BCUT2D eigenvalue weighted by Gasteiger charge is -2.27. The van der Waals surface area contributed by atoms with Gasteiger partial charge in [0.1, 0.15) is 6.54 Å². The van der Waals surface area contributed by atoms with Gasteiger partial charge < -0.3 is 9.88 Å². The number of rotatable bonds is 4. The largest absolute Gasteiger partial charge is 0.361 e. The van der Waals surface area contributed by atoms with E-state index in [9.17, 15) is 14.4 Å². The van der Waals surface area contributed by atoms with Gasteiger partial charge >= 0.3 is 5.69 Å². The zero-order chi connectivity index (χ0) is 22.2. The topological polar surface area (TPSA) is 80.1 Å². The fourth-order valence-corrected chi connectivity index (χ4v) is 4.52. The lowest BCUT2D eigenvalue weighted by atomic mass is 9.99. The minimum Gasteiger partial charge on any atom is -0.361 e. The molecule has 7 nitrogen and oxygen atoms in total. The molecule has 3 heterocycles. The monoisotopic (exact) mass is 428 g/mol. The molecule has 0 bridgehead atoms. The highest BCUT2D eigenvalue weighted by atomic mass is 16.2. The first kappa shape index (κ1) is 20.1. The number of carbonyl (C=O) groups is 1. The molecule has 0 fully saturated rings. The fourth-order valence-electron chi connectivity index (χ4n) is 4.52. The van der Waals surface area contributed by atoms with Gasteiger partial charge in [0.05, 0.1) is 10.9 Å². The zero-order valence-electron chi connectivity index (χ0n) is 17.9. The predicted molar refractivity (Wildman–Crippen MR) is 126 cm³/mol. The van der Waals surface area contributed by atoms with Crippen molar-refractivity contribution in [1.82, 2.24) is 19.0 Å². The van der Waals surface area contributed by atoms with E-state index in [4.69, 9.17) is 0 Å². The van der Waals surface area contributed by atoms with Crippen molar-refractivity contribution < 1.29 is 4.79 Å². The standard InChI is InChI=1S/C25H24N4O3/c1-2-28-24(31)19-8-4-6-10-22(19)29(25(28)32)16-23(30)27-13-11-17(12-14-27)20-15-26-21-9-5-3-7-18(20)21/h3-11,15,26H,2,12-14,16H2,1H3. The van der Waals surface area contributed by atoms with E-state index in [0.29, 0.717) is 24.0 Å². The maximum Gasteiger partial charge on any atom is 0.331 e. The van der Waals surface area contributed by atoms with Crippen molar-refractivity contribution in [2.24, 2.45) is 0 Å². The molecule has 0 saturated heterocycles. The predicted octanol–water partition coefficient (Wildman–Crippen LogP) is 2.98. The van der Waals surface area contributed by atoms with E-state index in [1.807, 2.05) is 18.3 Å². The number of para-hydroxylation sites is 2. The Hall–Kier alpha value is -3.87. The Morgan fingerprint density at radius 2 is 1.75 bits per heavy atom. The Balaban J connectivity index is 1.42. The molecular formula is C25H24N4O3. The van der Waals surface area contributed by atoms with Crippen molar-refractivity contribution in [2.75, 3.05) is 13.1 Å². The van der Waals surface area contributed by atoms with Gasteiger partial charge in [0.15, 0.2) is 0 Å². The lowest BCUT2D eigenvalue weighted by molar-refractivity contribution is -0.131. The molecule has 4 aromatic rings. The second-order valence-corrected chi connectivity index (χ2v) is 8.00. The second kappa shape index (κ2) is 8.00. The van der Waals surface area contributed by atoms with Gasteiger partial charge in [-0.1, -0.05) is 36.4 Å². The highest BCUT2D eigenvalue weighted by molar-refractivity contribution is 5.93. The first-order valence-electron chi connectivity index (χ1n) is 10.8. The van der Waals surface area contributed by atoms with Crippen molar-refractivity contribution in [3.8, 4) is 0 Å². The second-order valence-electron chi connectivity index (χ2n) is 8.00. The molecule has 0 aliphatic carbocycles. The van der Waals surface area contributed by atoms with Crippen LogP contribution >= 0.6 is 0 Å². The van der Waals surface area contributed by atoms with Crippen LogP contribution in [0.25, 0.3) is 27.4 Å². The van der Waals surface area contributed by atoms with Crippen LogP contribution in [0, 0.1) is 0 Å². The minimum atomic E-state index is -0.448. The minimum absolute atomic E-state index is 0.0874. The van der Waals surface area contributed by atoms with E-state index in [0.717, 1.165) is 11.9 Å². The number of hydrogen-bond acceptors (Lipinski definition) is 3. The third kappa shape index (κ3) is 3.26. The summed E-state index contributed by atoms with van der Waals surface area (Å²) in [6.45, 7) is 3.01. The summed E-state index contributed by atoms with van der Waals surface area (Å²) in [6.07, 6.45) is 4.86. The van der Waals surface area contributed by atoms with Gasteiger partial charge in [-0.2, -0.15) is 0 Å². The molecule has 7 heteroatoms. The fraction of sp³-hybridized carbons (Fsp3) is 0.240. The average molecular weight is 428 g/mol. The Bertz CT molecular complexity index is 1490. The molecule has 0 radical (unpaired) electrons. The zero-order valence-corrected chi connectivity index (χ0v) is 17.9. The number of aromatic amines is 1. The molecule has 2 aromatic heterocycles. The highest BCUT2D eigenvalue weighted by Crippen LogP contribution is 2.29. The Morgan fingerprint density at radius 3 is 2.50 bits per heavy atom. The molecule has 0 atom stereocenters. The first-order valence-corrected chi connectivity index (χ1v) is 10.8. The van der Waals surface area contributed by atoms with Crippen molar-refractivity contribution in [2.45, 2.75) is 26.4 Å². The van der Waals surface area contributed by atoms with Crippen LogP contribution in [-0.4, -0.2) is 38.0 Å². The molecular weight excluding hydrogens is 404 g/mol. The summed E-state index contributed by atoms with van der Waals surface area (Å²) in [4.78, 5) is 43.7. The summed E-state index contributed by atoms with van der Waals surface area (Å²) in [6, 6.07) is 15.1. The number of carbonyl (C=O) groups excluding carboxylic acids is 1. The SMILES string of the molecule is CCn1c(=O)c2ccccc2n(CC(=O)N2CC=C(c3c[nH]c4ccccc34)CC2)c1=O. The maximum atomic E-state index is 13.1. The van der Waals surface area contributed by atoms with E-state index in [1.54, 1.807) is 36.1 Å².